The number of ether oxygens (including phenoxy) is 1. The first kappa shape index (κ1) is 23.6. The molecule has 2 N–H and O–H groups in total. The van der Waals surface area contributed by atoms with Crippen molar-refractivity contribution in [2.75, 3.05) is 11.9 Å². The van der Waals surface area contributed by atoms with Gasteiger partial charge in [-0.2, -0.15) is 5.10 Å². The van der Waals surface area contributed by atoms with E-state index in [2.05, 4.69) is 15.8 Å². The number of nitrogens with one attached hydrogen (secondary N) is 2. The van der Waals surface area contributed by atoms with Crippen molar-refractivity contribution in [2.24, 2.45) is 5.10 Å². The number of hydrogen-bond acceptors (Lipinski definition) is 4. The minimum atomic E-state index is -0.385. The Balaban J connectivity index is 1.52. The second-order valence-electron chi connectivity index (χ2n) is 6.72. The molecule has 0 aliphatic rings. The zero-order valence-electron chi connectivity index (χ0n) is 16.9. The summed E-state index contributed by atoms with van der Waals surface area (Å²) in [4.78, 5) is 24.1. The number of hydrazone groups is 1. The molecule has 0 heterocycles. The fourth-order valence-electron chi connectivity index (χ4n) is 2.56. The van der Waals surface area contributed by atoms with Crippen LogP contribution in [0.25, 0.3) is 0 Å². The highest BCUT2D eigenvalue weighted by atomic mass is 35.5. The lowest BCUT2D eigenvalue weighted by atomic mass is 10.1. The van der Waals surface area contributed by atoms with Crippen molar-refractivity contribution >= 4 is 58.5 Å². The maximum atomic E-state index is 12.1. The van der Waals surface area contributed by atoms with Gasteiger partial charge in [-0.05, 0) is 61.0 Å². The molecular formula is C23H18Cl3N3O3. The van der Waals surface area contributed by atoms with Crippen LogP contribution in [0.5, 0.6) is 5.75 Å². The number of hydrogen-bond donors (Lipinski definition) is 2. The van der Waals surface area contributed by atoms with Crippen LogP contribution in [0.1, 0.15) is 21.5 Å². The van der Waals surface area contributed by atoms with Crippen LogP contribution in [0.15, 0.2) is 65.8 Å². The number of amides is 2. The van der Waals surface area contributed by atoms with E-state index in [9.17, 15) is 9.59 Å². The van der Waals surface area contributed by atoms with E-state index in [1.54, 1.807) is 48.5 Å². The van der Waals surface area contributed by atoms with Crippen LogP contribution < -0.4 is 15.5 Å². The molecule has 0 atom stereocenters. The highest BCUT2D eigenvalue weighted by molar-refractivity contribution is 6.42. The van der Waals surface area contributed by atoms with Crippen molar-refractivity contribution < 1.29 is 14.3 Å². The predicted octanol–water partition coefficient (Wildman–Crippen LogP) is 5.74. The fraction of sp³-hybridized carbons (Fsp3) is 0.0870. The highest BCUT2D eigenvalue weighted by Crippen LogP contribution is 2.26. The van der Waals surface area contributed by atoms with Gasteiger partial charge >= 0.3 is 0 Å². The summed E-state index contributed by atoms with van der Waals surface area (Å²) >= 11 is 18.0. The molecule has 0 aliphatic heterocycles. The Morgan fingerprint density at radius 3 is 2.38 bits per heavy atom. The molecule has 164 valence electrons. The Bertz CT molecular complexity index is 1160. The molecule has 3 aromatic rings. The number of carbonyl (C=O) groups is 2. The number of nitrogens with zero attached hydrogens (tertiary/aromatic N) is 1. The molecule has 0 radical (unpaired) electrons. The third-order valence-corrected chi connectivity index (χ3v) is 5.25. The summed E-state index contributed by atoms with van der Waals surface area (Å²) in [6.07, 6.45) is 1.46. The van der Waals surface area contributed by atoms with E-state index in [4.69, 9.17) is 39.5 Å². The number of aryl methyl sites for hydroxylation is 1. The van der Waals surface area contributed by atoms with Gasteiger partial charge in [0.25, 0.3) is 11.8 Å². The summed E-state index contributed by atoms with van der Waals surface area (Å²) in [6.45, 7) is 1.69. The van der Waals surface area contributed by atoms with Gasteiger partial charge in [0.2, 0.25) is 0 Å². The Labute approximate surface area is 200 Å². The van der Waals surface area contributed by atoms with E-state index in [-0.39, 0.29) is 18.4 Å². The number of anilines is 1. The van der Waals surface area contributed by atoms with Gasteiger partial charge in [-0.3, -0.25) is 9.59 Å². The minimum absolute atomic E-state index is 0.250. The lowest BCUT2D eigenvalue weighted by Crippen LogP contribution is -2.20. The SMILES string of the molecule is Cc1ccc(C(=O)NN=Cc2ccc(OCC(=O)Nc3ccc(Cl)c(Cl)c3)c(Cl)c2)cc1. The number of benzene rings is 3. The van der Waals surface area contributed by atoms with Gasteiger partial charge in [0.05, 0.1) is 21.3 Å². The Hall–Kier alpha value is -3.06. The van der Waals surface area contributed by atoms with E-state index in [1.807, 2.05) is 19.1 Å². The van der Waals surface area contributed by atoms with Crippen LogP contribution in [0.2, 0.25) is 15.1 Å². The van der Waals surface area contributed by atoms with E-state index < -0.39 is 0 Å². The molecule has 0 aliphatic carbocycles. The summed E-state index contributed by atoms with van der Waals surface area (Å²) < 4.78 is 5.47. The lowest BCUT2D eigenvalue weighted by molar-refractivity contribution is -0.118. The van der Waals surface area contributed by atoms with Gasteiger partial charge in [-0.1, -0.05) is 52.5 Å². The van der Waals surface area contributed by atoms with Crippen LogP contribution in [0.4, 0.5) is 5.69 Å². The molecule has 0 aromatic heterocycles. The molecule has 0 saturated carbocycles. The summed E-state index contributed by atoms with van der Waals surface area (Å²) in [5.41, 5.74) is 5.17. The third kappa shape index (κ3) is 6.72. The maximum absolute atomic E-state index is 12.1. The molecule has 3 aromatic carbocycles. The zero-order valence-corrected chi connectivity index (χ0v) is 19.1. The molecule has 0 fully saturated rings. The van der Waals surface area contributed by atoms with Crippen molar-refractivity contribution in [3.05, 3.63) is 92.4 Å². The second-order valence-corrected chi connectivity index (χ2v) is 7.94. The molecule has 2 amide bonds. The average Bonchev–Trinajstić information content (AvgIpc) is 2.76. The Morgan fingerprint density at radius 1 is 0.938 bits per heavy atom. The van der Waals surface area contributed by atoms with Gasteiger partial charge in [0.15, 0.2) is 6.61 Å². The topological polar surface area (TPSA) is 79.8 Å². The van der Waals surface area contributed by atoms with E-state index in [1.165, 1.54) is 6.21 Å². The molecule has 0 spiro atoms. The van der Waals surface area contributed by atoms with Crippen LogP contribution in [-0.2, 0) is 4.79 Å². The third-order valence-electron chi connectivity index (χ3n) is 4.21. The van der Waals surface area contributed by atoms with E-state index >= 15 is 0 Å². The van der Waals surface area contributed by atoms with Crippen LogP contribution in [0, 0.1) is 6.92 Å². The first-order valence-electron chi connectivity index (χ1n) is 9.39. The van der Waals surface area contributed by atoms with Crippen LogP contribution >= 0.6 is 34.8 Å². The van der Waals surface area contributed by atoms with Crippen molar-refractivity contribution in [3.8, 4) is 5.75 Å². The Morgan fingerprint density at radius 2 is 1.69 bits per heavy atom. The predicted molar refractivity (Wildman–Crippen MR) is 128 cm³/mol. The normalized spacial score (nSPS) is 10.8. The Kier molecular flexibility index (Phi) is 8.11. The molecule has 0 unspecified atom stereocenters. The largest absolute Gasteiger partial charge is 0.482 e. The van der Waals surface area contributed by atoms with Gasteiger partial charge < -0.3 is 10.1 Å². The van der Waals surface area contributed by atoms with Crippen molar-refractivity contribution in [1.82, 2.24) is 5.43 Å². The zero-order chi connectivity index (χ0) is 23.1. The van der Waals surface area contributed by atoms with Crippen molar-refractivity contribution in [2.45, 2.75) is 6.92 Å². The van der Waals surface area contributed by atoms with Crippen LogP contribution in [0.3, 0.4) is 0 Å². The van der Waals surface area contributed by atoms with Gasteiger partial charge in [-0.25, -0.2) is 5.43 Å². The summed E-state index contributed by atoms with van der Waals surface area (Å²) in [5, 5.41) is 7.61. The number of halogens is 3. The van der Waals surface area contributed by atoms with E-state index in [0.29, 0.717) is 37.6 Å². The van der Waals surface area contributed by atoms with E-state index in [0.717, 1.165) is 5.56 Å². The summed E-state index contributed by atoms with van der Waals surface area (Å²) in [7, 11) is 0. The molecule has 9 heteroatoms. The summed E-state index contributed by atoms with van der Waals surface area (Å²) in [5.74, 6) is -0.374. The van der Waals surface area contributed by atoms with Crippen molar-refractivity contribution in [3.63, 3.8) is 0 Å². The quantitative estimate of drug-likeness (QED) is 0.327. The van der Waals surface area contributed by atoms with Gasteiger partial charge in [-0.15, -0.1) is 0 Å². The number of carbonyl (C=O) groups excluding carboxylic acids is 2. The molecule has 0 bridgehead atoms. The monoisotopic (exact) mass is 489 g/mol. The van der Waals surface area contributed by atoms with Crippen LogP contribution in [-0.4, -0.2) is 24.6 Å². The van der Waals surface area contributed by atoms with Crippen molar-refractivity contribution in [1.29, 1.82) is 0 Å². The highest BCUT2D eigenvalue weighted by Gasteiger charge is 2.09. The fourth-order valence-corrected chi connectivity index (χ4v) is 3.11. The smallest absolute Gasteiger partial charge is 0.271 e. The average molecular weight is 491 g/mol. The van der Waals surface area contributed by atoms with Gasteiger partial charge in [0, 0.05) is 11.3 Å². The first-order chi connectivity index (χ1) is 15.3. The maximum Gasteiger partial charge on any atom is 0.271 e. The summed E-state index contributed by atoms with van der Waals surface area (Å²) in [6, 6.07) is 16.8. The molecule has 32 heavy (non-hydrogen) atoms. The second kappa shape index (κ2) is 11.0. The molecule has 3 rings (SSSR count). The first-order valence-corrected chi connectivity index (χ1v) is 10.5. The standard InChI is InChI=1S/C23H18Cl3N3O3/c1-14-2-5-16(6-3-14)23(31)29-27-12-15-4-9-21(20(26)10-15)32-13-22(30)28-17-7-8-18(24)19(25)11-17/h2-12H,13H2,1H3,(H,28,30)(H,29,31). The molecule has 6 nitrogen and oxygen atoms in total. The molecular weight excluding hydrogens is 473 g/mol. The number of rotatable bonds is 7. The minimum Gasteiger partial charge on any atom is -0.482 e. The lowest BCUT2D eigenvalue weighted by Gasteiger charge is -2.10. The van der Waals surface area contributed by atoms with Gasteiger partial charge in [0.1, 0.15) is 5.75 Å². The molecule has 0 saturated heterocycles.